The first kappa shape index (κ1) is 14.8. The summed E-state index contributed by atoms with van der Waals surface area (Å²) >= 11 is 0. The SMILES string of the molecule is CNC1(CC(=O)NCC2CCCCC2)CCCCC1. The van der Waals surface area contributed by atoms with Gasteiger partial charge in [-0.25, -0.2) is 0 Å². The Balaban J connectivity index is 1.72. The zero-order valence-corrected chi connectivity index (χ0v) is 12.5. The Morgan fingerprint density at radius 1 is 1.05 bits per heavy atom. The molecule has 19 heavy (non-hydrogen) atoms. The highest BCUT2D eigenvalue weighted by Crippen LogP contribution is 2.30. The van der Waals surface area contributed by atoms with E-state index in [9.17, 15) is 4.79 Å². The van der Waals surface area contributed by atoms with Crippen LogP contribution in [0.2, 0.25) is 0 Å². The molecular weight excluding hydrogens is 236 g/mol. The van der Waals surface area contributed by atoms with Crippen LogP contribution in [0, 0.1) is 5.92 Å². The molecule has 2 N–H and O–H groups in total. The fourth-order valence-electron chi connectivity index (χ4n) is 3.76. The van der Waals surface area contributed by atoms with Crippen LogP contribution in [0.3, 0.4) is 0 Å². The predicted molar refractivity (Wildman–Crippen MR) is 79.1 cm³/mol. The molecule has 2 fully saturated rings. The van der Waals surface area contributed by atoms with Gasteiger partial charge in [0.25, 0.3) is 0 Å². The van der Waals surface area contributed by atoms with Crippen LogP contribution in [0.1, 0.15) is 70.6 Å². The lowest BCUT2D eigenvalue weighted by Crippen LogP contribution is -2.48. The molecule has 0 spiro atoms. The molecular formula is C16H30N2O. The molecule has 0 bridgehead atoms. The van der Waals surface area contributed by atoms with Crippen molar-refractivity contribution in [2.24, 2.45) is 5.92 Å². The monoisotopic (exact) mass is 266 g/mol. The summed E-state index contributed by atoms with van der Waals surface area (Å²) in [6, 6.07) is 0. The third-order valence-corrected chi connectivity index (χ3v) is 5.15. The van der Waals surface area contributed by atoms with Gasteiger partial charge in [0.1, 0.15) is 0 Å². The van der Waals surface area contributed by atoms with Crippen LogP contribution in [0.15, 0.2) is 0 Å². The summed E-state index contributed by atoms with van der Waals surface area (Å²) in [5.41, 5.74) is 0.0783. The van der Waals surface area contributed by atoms with E-state index in [-0.39, 0.29) is 11.4 Å². The Morgan fingerprint density at radius 3 is 2.32 bits per heavy atom. The van der Waals surface area contributed by atoms with Crippen molar-refractivity contribution in [3.8, 4) is 0 Å². The molecule has 0 aliphatic heterocycles. The molecule has 2 rings (SSSR count). The number of hydrogen-bond acceptors (Lipinski definition) is 2. The fraction of sp³-hybridized carbons (Fsp3) is 0.938. The van der Waals surface area contributed by atoms with Gasteiger partial charge in [-0.15, -0.1) is 0 Å². The predicted octanol–water partition coefficient (Wildman–Crippen LogP) is 3.00. The molecule has 0 aromatic heterocycles. The fourth-order valence-corrected chi connectivity index (χ4v) is 3.76. The van der Waals surface area contributed by atoms with Gasteiger partial charge in [0, 0.05) is 18.5 Å². The van der Waals surface area contributed by atoms with Gasteiger partial charge in [-0.3, -0.25) is 4.79 Å². The lowest BCUT2D eigenvalue weighted by atomic mass is 9.79. The molecule has 0 unspecified atom stereocenters. The largest absolute Gasteiger partial charge is 0.356 e. The van der Waals surface area contributed by atoms with E-state index in [0.29, 0.717) is 6.42 Å². The van der Waals surface area contributed by atoms with Gasteiger partial charge in [-0.1, -0.05) is 38.5 Å². The van der Waals surface area contributed by atoms with E-state index in [1.54, 1.807) is 0 Å². The summed E-state index contributed by atoms with van der Waals surface area (Å²) in [5.74, 6) is 0.983. The van der Waals surface area contributed by atoms with Crippen LogP contribution >= 0.6 is 0 Å². The summed E-state index contributed by atoms with van der Waals surface area (Å²) in [7, 11) is 2.01. The number of carbonyl (C=O) groups excluding carboxylic acids is 1. The summed E-state index contributed by atoms with van der Waals surface area (Å²) in [6.07, 6.45) is 13.5. The van der Waals surface area contributed by atoms with Crippen molar-refractivity contribution in [2.75, 3.05) is 13.6 Å². The molecule has 2 aliphatic carbocycles. The normalized spacial score (nSPS) is 24.1. The maximum atomic E-state index is 12.2. The van der Waals surface area contributed by atoms with Crippen molar-refractivity contribution < 1.29 is 4.79 Å². The molecule has 0 radical (unpaired) electrons. The molecule has 0 saturated heterocycles. The summed E-state index contributed by atoms with van der Waals surface area (Å²) in [6.45, 7) is 0.901. The number of carbonyl (C=O) groups is 1. The summed E-state index contributed by atoms with van der Waals surface area (Å²) < 4.78 is 0. The first-order valence-corrected chi connectivity index (χ1v) is 8.20. The second-order valence-electron chi connectivity index (χ2n) is 6.58. The number of rotatable bonds is 5. The second kappa shape index (κ2) is 7.28. The molecule has 1 amide bonds. The number of nitrogens with one attached hydrogen (secondary N) is 2. The topological polar surface area (TPSA) is 41.1 Å². The van der Waals surface area contributed by atoms with Crippen molar-refractivity contribution in [3.05, 3.63) is 0 Å². The first-order valence-electron chi connectivity index (χ1n) is 8.20. The van der Waals surface area contributed by atoms with Crippen molar-refractivity contribution in [1.82, 2.24) is 10.6 Å². The molecule has 3 nitrogen and oxygen atoms in total. The maximum absolute atomic E-state index is 12.2. The van der Waals surface area contributed by atoms with E-state index in [2.05, 4.69) is 10.6 Å². The van der Waals surface area contributed by atoms with Gasteiger partial charge < -0.3 is 10.6 Å². The van der Waals surface area contributed by atoms with E-state index >= 15 is 0 Å². The van der Waals surface area contributed by atoms with Crippen molar-refractivity contribution in [2.45, 2.75) is 76.2 Å². The van der Waals surface area contributed by atoms with Crippen LogP contribution < -0.4 is 10.6 Å². The van der Waals surface area contributed by atoms with Gasteiger partial charge in [0.15, 0.2) is 0 Å². The molecule has 110 valence electrons. The quantitative estimate of drug-likeness (QED) is 0.803. The molecule has 2 aliphatic rings. The minimum Gasteiger partial charge on any atom is -0.356 e. The van der Waals surface area contributed by atoms with E-state index in [1.807, 2.05) is 7.05 Å². The second-order valence-corrected chi connectivity index (χ2v) is 6.58. The minimum absolute atomic E-state index is 0.0783. The smallest absolute Gasteiger partial charge is 0.221 e. The van der Waals surface area contributed by atoms with Crippen LogP contribution in [-0.2, 0) is 4.79 Å². The molecule has 0 atom stereocenters. The maximum Gasteiger partial charge on any atom is 0.221 e. The molecule has 2 saturated carbocycles. The first-order chi connectivity index (χ1) is 9.24. The zero-order valence-electron chi connectivity index (χ0n) is 12.5. The van der Waals surface area contributed by atoms with Gasteiger partial charge in [0.05, 0.1) is 0 Å². The Hall–Kier alpha value is -0.570. The lowest BCUT2D eigenvalue weighted by Gasteiger charge is -2.36. The lowest BCUT2D eigenvalue weighted by molar-refractivity contribution is -0.123. The summed E-state index contributed by atoms with van der Waals surface area (Å²) in [5, 5.41) is 6.61. The van der Waals surface area contributed by atoms with Crippen LogP contribution in [-0.4, -0.2) is 25.0 Å². The standard InChI is InChI=1S/C16H30N2O/c1-17-16(10-6-3-7-11-16)12-15(19)18-13-14-8-4-2-5-9-14/h14,17H,2-13H2,1H3,(H,18,19). The van der Waals surface area contributed by atoms with Gasteiger partial charge in [0.2, 0.25) is 5.91 Å². The molecule has 0 heterocycles. The van der Waals surface area contributed by atoms with Crippen molar-refractivity contribution in [3.63, 3.8) is 0 Å². The third-order valence-electron chi connectivity index (χ3n) is 5.15. The van der Waals surface area contributed by atoms with Crippen LogP contribution in [0.5, 0.6) is 0 Å². The van der Waals surface area contributed by atoms with Gasteiger partial charge >= 0.3 is 0 Å². The van der Waals surface area contributed by atoms with Crippen LogP contribution in [0.4, 0.5) is 0 Å². The highest BCUT2D eigenvalue weighted by Gasteiger charge is 2.32. The Morgan fingerprint density at radius 2 is 1.68 bits per heavy atom. The summed E-state index contributed by atoms with van der Waals surface area (Å²) in [4.78, 5) is 12.2. The zero-order chi connectivity index (χ0) is 13.6. The average Bonchev–Trinajstić information content (AvgIpc) is 2.47. The van der Waals surface area contributed by atoms with Crippen molar-refractivity contribution >= 4 is 5.91 Å². The van der Waals surface area contributed by atoms with E-state index < -0.39 is 0 Å². The Labute approximate surface area is 117 Å². The Kier molecular flexibility index (Phi) is 5.68. The van der Waals surface area contributed by atoms with E-state index in [1.165, 1.54) is 51.4 Å². The molecule has 0 aromatic carbocycles. The van der Waals surface area contributed by atoms with E-state index in [4.69, 9.17) is 0 Å². The van der Waals surface area contributed by atoms with E-state index in [0.717, 1.165) is 25.3 Å². The highest BCUT2D eigenvalue weighted by molar-refractivity contribution is 5.77. The highest BCUT2D eigenvalue weighted by atomic mass is 16.1. The Bertz CT molecular complexity index is 278. The molecule has 3 heteroatoms. The number of amides is 1. The average molecular weight is 266 g/mol. The minimum atomic E-state index is 0.0783. The number of hydrogen-bond donors (Lipinski definition) is 2. The van der Waals surface area contributed by atoms with Gasteiger partial charge in [-0.05, 0) is 38.6 Å². The van der Waals surface area contributed by atoms with Crippen molar-refractivity contribution in [1.29, 1.82) is 0 Å². The van der Waals surface area contributed by atoms with Gasteiger partial charge in [-0.2, -0.15) is 0 Å². The molecule has 0 aromatic rings. The van der Waals surface area contributed by atoms with Crippen LogP contribution in [0.25, 0.3) is 0 Å². The third kappa shape index (κ3) is 4.48.